The zero-order valence-corrected chi connectivity index (χ0v) is 14.2. The normalized spacial score (nSPS) is 12.3. The number of nitro benzene ring substituents is 1. The molecule has 0 bridgehead atoms. The quantitative estimate of drug-likeness (QED) is 0.611. The molecule has 2 rings (SSSR count). The number of benzene rings is 1. The van der Waals surface area contributed by atoms with E-state index in [1.165, 1.54) is 10.9 Å². The summed E-state index contributed by atoms with van der Waals surface area (Å²) in [6.07, 6.45) is 2.89. The van der Waals surface area contributed by atoms with Crippen molar-refractivity contribution < 1.29 is 4.92 Å². The highest BCUT2D eigenvalue weighted by molar-refractivity contribution is 9.10. The number of halogens is 1. The van der Waals surface area contributed by atoms with E-state index in [2.05, 4.69) is 33.2 Å². The van der Waals surface area contributed by atoms with Crippen molar-refractivity contribution in [3.63, 3.8) is 0 Å². The maximum atomic E-state index is 10.9. The molecule has 0 aliphatic heterocycles. The summed E-state index contributed by atoms with van der Waals surface area (Å²) >= 11 is 5.00. The minimum Gasteiger partial charge on any atom is -0.304 e. The topological polar surface area (TPSA) is 68.1 Å². The highest BCUT2D eigenvalue weighted by Gasteiger charge is 2.12. The lowest BCUT2D eigenvalue weighted by molar-refractivity contribution is -0.385. The second kappa shape index (κ2) is 7.11. The van der Waals surface area contributed by atoms with Crippen molar-refractivity contribution in [2.45, 2.75) is 32.9 Å². The van der Waals surface area contributed by atoms with Gasteiger partial charge in [-0.15, -0.1) is 11.3 Å². The molecular weight excluding hydrogens is 354 g/mol. The number of aromatic nitrogens is 1. The molecule has 0 aliphatic rings. The lowest BCUT2D eigenvalue weighted by atomic mass is 10.2. The van der Waals surface area contributed by atoms with Crippen LogP contribution in [0.2, 0.25) is 0 Å². The highest BCUT2D eigenvalue weighted by Crippen LogP contribution is 2.23. The third kappa shape index (κ3) is 4.33. The van der Waals surface area contributed by atoms with Crippen LogP contribution in [0.3, 0.4) is 0 Å². The average Bonchev–Trinajstić information content (AvgIpc) is 2.93. The van der Waals surface area contributed by atoms with Crippen LogP contribution in [0.25, 0.3) is 0 Å². The Bertz CT molecular complexity index is 645. The van der Waals surface area contributed by atoms with Crippen molar-refractivity contribution in [2.24, 2.45) is 0 Å². The van der Waals surface area contributed by atoms with Crippen LogP contribution in [-0.2, 0) is 13.0 Å². The Labute approximate surface area is 135 Å². The highest BCUT2D eigenvalue weighted by atomic mass is 79.9. The Morgan fingerprint density at radius 1 is 1.48 bits per heavy atom. The van der Waals surface area contributed by atoms with Crippen molar-refractivity contribution in [2.75, 3.05) is 0 Å². The fourth-order valence-electron chi connectivity index (χ4n) is 1.89. The average molecular weight is 370 g/mol. The van der Waals surface area contributed by atoms with Gasteiger partial charge in [-0.25, -0.2) is 4.98 Å². The molecule has 21 heavy (non-hydrogen) atoms. The number of rotatable bonds is 6. The van der Waals surface area contributed by atoms with E-state index in [4.69, 9.17) is 0 Å². The first-order valence-electron chi connectivity index (χ1n) is 6.61. The summed E-state index contributed by atoms with van der Waals surface area (Å²) in [6, 6.07) is 5.09. The van der Waals surface area contributed by atoms with Gasteiger partial charge in [-0.3, -0.25) is 10.1 Å². The van der Waals surface area contributed by atoms with Crippen LogP contribution in [0, 0.1) is 10.1 Å². The molecule has 0 spiro atoms. The predicted octanol–water partition coefficient (Wildman–Crippen LogP) is 4.23. The zero-order valence-electron chi connectivity index (χ0n) is 11.8. The summed E-state index contributed by atoms with van der Waals surface area (Å²) < 4.78 is 0.712. The van der Waals surface area contributed by atoms with Gasteiger partial charge in [-0.1, -0.05) is 22.9 Å². The van der Waals surface area contributed by atoms with Crippen LogP contribution in [0.5, 0.6) is 0 Å². The van der Waals surface area contributed by atoms with E-state index < -0.39 is 0 Å². The standard InChI is InChI=1S/C14H16BrN3O2S/c1-3-13-8-17-14(21-13)9(2)16-7-10-4-11(15)6-12(5-10)18(19)20/h4-6,8-9,16H,3,7H2,1-2H3. The van der Waals surface area contributed by atoms with Gasteiger partial charge in [0, 0.05) is 34.2 Å². The van der Waals surface area contributed by atoms with Gasteiger partial charge in [0.1, 0.15) is 5.01 Å². The van der Waals surface area contributed by atoms with Crippen LogP contribution in [0.1, 0.15) is 35.3 Å². The summed E-state index contributed by atoms with van der Waals surface area (Å²) in [5.41, 5.74) is 0.964. The van der Waals surface area contributed by atoms with E-state index in [1.807, 2.05) is 19.2 Å². The number of aryl methyl sites for hydroxylation is 1. The summed E-state index contributed by atoms with van der Waals surface area (Å²) in [7, 11) is 0. The number of nitrogens with zero attached hydrogens (tertiary/aromatic N) is 2. The van der Waals surface area contributed by atoms with Gasteiger partial charge >= 0.3 is 0 Å². The van der Waals surface area contributed by atoms with Crippen LogP contribution in [0.4, 0.5) is 5.69 Å². The molecular formula is C14H16BrN3O2S. The molecule has 0 fully saturated rings. The molecule has 1 aromatic carbocycles. The third-order valence-electron chi connectivity index (χ3n) is 3.06. The fourth-order valence-corrected chi connectivity index (χ4v) is 3.30. The van der Waals surface area contributed by atoms with Crippen molar-refractivity contribution in [3.8, 4) is 0 Å². The van der Waals surface area contributed by atoms with Gasteiger partial charge in [-0.05, 0) is 25.0 Å². The smallest absolute Gasteiger partial charge is 0.270 e. The first-order chi connectivity index (χ1) is 9.99. The Kier molecular flexibility index (Phi) is 5.44. The molecule has 1 aromatic heterocycles. The molecule has 5 nitrogen and oxygen atoms in total. The van der Waals surface area contributed by atoms with E-state index >= 15 is 0 Å². The molecule has 112 valence electrons. The molecule has 0 radical (unpaired) electrons. The van der Waals surface area contributed by atoms with Crippen LogP contribution in [-0.4, -0.2) is 9.91 Å². The number of nitrogens with one attached hydrogen (secondary N) is 1. The Hall–Kier alpha value is -1.31. The van der Waals surface area contributed by atoms with Crippen LogP contribution in [0.15, 0.2) is 28.9 Å². The second-order valence-corrected chi connectivity index (χ2v) is 6.76. The third-order valence-corrected chi connectivity index (χ3v) is 4.84. The molecule has 2 aromatic rings. The van der Waals surface area contributed by atoms with Crippen molar-refractivity contribution in [1.82, 2.24) is 10.3 Å². The van der Waals surface area contributed by atoms with Gasteiger partial charge in [0.2, 0.25) is 0 Å². The lowest BCUT2D eigenvalue weighted by Gasteiger charge is -2.11. The van der Waals surface area contributed by atoms with E-state index in [1.54, 1.807) is 17.4 Å². The predicted molar refractivity (Wildman–Crippen MR) is 87.5 cm³/mol. The van der Waals surface area contributed by atoms with E-state index in [-0.39, 0.29) is 16.7 Å². The minimum absolute atomic E-state index is 0.0938. The maximum Gasteiger partial charge on any atom is 0.270 e. The van der Waals surface area contributed by atoms with E-state index in [0.717, 1.165) is 17.0 Å². The first kappa shape index (κ1) is 16.1. The van der Waals surface area contributed by atoms with E-state index in [9.17, 15) is 10.1 Å². The molecule has 0 saturated carbocycles. The SMILES string of the molecule is CCc1cnc(C(C)NCc2cc(Br)cc([N+](=O)[O-])c2)s1. The number of hydrogen-bond acceptors (Lipinski definition) is 5. The van der Waals surface area contributed by atoms with Gasteiger partial charge in [0.05, 0.1) is 11.0 Å². The number of non-ortho nitro benzene ring substituents is 1. The summed E-state index contributed by atoms with van der Waals surface area (Å²) in [5.74, 6) is 0. The Morgan fingerprint density at radius 2 is 2.24 bits per heavy atom. The second-order valence-electron chi connectivity index (χ2n) is 4.70. The summed E-state index contributed by atoms with van der Waals surface area (Å²) in [4.78, 5) is 16.1. The summed E-state index contributed by atoms with van der Waals surface area (Å²) in [5, 5.41) is 15.2. The molecule has 0 saturated heterocycles. The molecule has 0 aliphatic carbocycles. The summed E-state index contributed by atoms with van der Waals surface area (Å²) in [6.45, 7) is 4.71. The Balaban J connectivity index is 2.03. The zero-order chi connectivity index (χ0) is 15.4. The maximum absolute atomic E-state index is 10.9. The lowest BCUT2D eigenvalue weighted by Crippen LogP contribution is -2.18. The number of nitro groups is 1. The molecule has 1 unspecified atom stereocenters. The molecule has 1 N–H and O–H groups in total. The number of thiazole rings is 1. The van der Waals surface area contributed by atoms with Gasteiger partial charge in [-0.2, -0.15) is 0 Å². The minimum atomic E-state index is -0.383. The van der Waals surface area contributed by atoms with Crippen LogP contribution >= 0.6 is 27.3 Å². The van der Waals surface area contributed by atoms with Crippen LogP contribution < -0.4 is 5.32 Å². The largest absolute Gasteiger partial charge is 0.304 e. The monoisotopic (exact) mass is 369 g/mol. The van der Waals surface area contributed by atoms with Crippen molar-refractivity contribution in [1.29, 1.82) is 0 Å². The van der Waals surface area contributed by atoms with E-state index in [0.29, 0.717) is 11.0 Å². The molecule has 1 atom stereocenters. The van der Waals surface area contributed by atoms with Gasteiger partial charge < -0.3 is 5.32 Å². The molecule has 0 amide bonds. The first-order valence-corrected chi connectivity index (χ1v) is 8.22. The Morgan fingerprint density at radius 3 is 2.86 bits per heavy atom. The number of hydrogen-bond donors (Lipinski definition) is 1. The van der Waals surface area contributed by atoms with Gasteiger partial charge in [0.25, 0.3) is 5.69 Å². The fraction of sp³-hybridized carbons (Fsp3) is 0.357. The van der Waals surface area contributed by atoms with Crippen molar-refractivity contribution >= 4 is 33.0 Å². The molecule has 1 heterocycles. The van der Waals surface area contributed by atoms with Gasteiger partial charge in [0.15, 0.2) is 0 Å². The van der Waals surface area contributed by atoms with Crippen molar-refractivity contribution in [3.05, 3.63) is 54.4 Å². The molecule has 7 heteroatoms.